The molecule has 1 aromatic carbocycles. The smallest absolute Gasteiger partial charge is 0.329 e. The fourth-order valence-corrected chi connectivity index (χ4v) is 4.37. The summed E-state index contributed by atoms with van der Waals surface area (Å²) in [6.45, 7) is 0.390. The summed E-state index contributed by atoms with van der Waals surface area (Å²) in [5, 5.41) is 9.72. The first-order chi connectivity index (χ1) is 12.7. The third kappa shape index (κ3) is 4.66. The van der Waals surface area contributed by atoms with Crippen LogP contribution in [0.4, 0.5) is 0 Å². The number of nitrogens with one attached hydrogen (secondary N) is 1. The number of carboxylic acid groups (broad SMARTS) is 1. The summed E-state index contributed by atoms with van der Waals surface area (Å²) in [5.74, 6) is -1.44. The van der Waals surface area contributed by atoms with E-state index in [1.165, 1.54) is 43.3 Å². The van der Waals surface area contributed by atoms with E-state index in [1.54, 1.807) is 0 Å². The van der Waals surface area contributed by atoms with Gasteiger partial charge in [-0.15, -0.1) is 0 Å². The van der Waals surface area contributed by atoms with E-state index >= 15 is 0 Å². The molecule has 1 aliphatic rings. The van der Waals surface area contributed by atoms with E-state index in [1.807, 2.05) is 0 Å². The van der Waals surface area contributed by atoms with E-state index < -0.39 is 27.4 Å². The number of amides is 1. The summed E-state index contributed by atoms with van der Waals surface area (Å²) in [4.78, 5) is 26.0. The number of sulfonamides is 1. The van der Waals surface area contributed by atoms with E-state index in [0.717, 1.165) is 19.3 Å². The molecule has 9 heteroatoms. The summed E-state index contributed by atoms with van der Waals surface area (Å²) < 4.78 is 31.5. The maximum absolute atomic E-state index is 12.8. The van der Waals surface area contributed by atoms with Crippen molar-refractivity contribution in [1.82, 2.24) is 9.62 Å². The van der Waals surface area contributed by atoms with Crippen molar-refractivity contribution < 1.29 is 27.9 Å². The first-order valence-corrected chi connectivity index (χ1v) is 10.3. The second-order valence-electron chi connectivity index (χ2n) is 6.68. The number of rotatable bonds is 8. The number of aliphatic carboxylic acids is 1. The Morgan fingerprint density at radius 1 is 1.19 bits per heavy atom. The van der Waals surface area contributed by atoms with Crippen molar-refractivity contribution in [3.8, 4) is 0 Å². The Bertz CT molecular complexity index is 770. The van der Waals surface area contributed by atoms with Crippen LogP contribution in [0.5, 0.6) is 0 Å². The Balaban J connectivity index is 2.18. The maximum Gasteiger partial charge on any atom is 0.329 e. The zero-order valence-electron chi connectivity index (χ0n) is 15.6. The summed E-state index contributed by atoms with van der Waals surface area (Å²) in [6, 6.07) is 5.49. The van der Waals surface area contributed by atoms with Gasteiger partial charge in [-0.25, -0.2) is 17.9 Å². The molecule has 0 aromatic heterocycles. The van der Waals surface area contributed by atoms with E-state index in [0.29, 0.717) is 12.8 Å². The molecule has 0 aliphatic heterocycles. The first-order valence-electron chi connectivity index (χ1n) is 8.85. The molecule has 0 bridgehead atoms. The number of carbonyl (C=O) groups is 2. The van der Waals surface area contributed by atoms with Crippen LogP contribution in [0.15, 0.2) is 29.2 Å². The molecule has 1 amide bonds. The second kappa shape index (κ2) is 8.81. The monoisotopic (exact) mass is 398 g/mol. The quantitative estimate of drug-likeness (QED) is 0.641. The number of benzene rings is 1. The number of carboxylic acids is 1. The molecule has 0 heterocycles. The molecule has 1 aromatic rings. The van der Waals surface area contributed by atoms with Gasteiger partial charge in [0.05, 0.1) is 11.5 Å². The third-order valence-corrected chi connectivity index (χ3v) is 6.51. The van der Waals surface area contributed by atoms with Crippen molar-refractivity contribution in [3.63, 3.8) is 0 Å². The molecule has 27 heavy (non-hydrogen) atoms. The fraction of sp³-hybridized carbons (Fsp3) is 0.556. The molecule has 0 saturated heterocycles. The van der Waals surface area contributed by atoms with Gasteiger partial charge in [-0.1, -0.05) is 19.3 Å². The third-order valence-electron chi connectivity index (χ3n) is 5.04. The van der Waals surface area contributed by atoms with Crippen molar-refractivity contribution in [2.24, 2.45) is 0 Å². The van der Waals surface area contributed by atoms with Crippen molar-refractivity contribution in [2.45, 2.75) is 42.5 Å². The van der Waals surface area contributed by atoms with Crippen LogP contribution < -0.4 is 4.72 Å². The molecule has 1 fully saturated rings. The lowest BCUT2D eigenvalue weighted by Crippen LogP contribution is -2.56. The Morgan fingerprint density at radius 2 is 1.78 bits per heavy atom. The van der Waals surface area contributed by atoms with Gasteiger partial charge in [0.2, 0.25) is 10.0 Å². The fourth-order valence-electron chi connectivity index (χ4n) is 3.36. The normalized spacial score (nSPS) is 16.7. The lowest BCUT2D eigenvalue weighted by molar-refractivity contribution is -0.151. The van der Waals surface area contributed by atoms with Crippen molar-refractivity contribution in [1.29, 1.82) is 0 Å². The van der Waals surface area contributed by atoms with E-state index in [4.69, 9.17) is 4.74 Å². The Hall–Kier alpha value is -1.97. The SMILES string of the molecule is COCCNS(=O)(=O)c1ccc(C(=O)N(C)C2(C(=O)O)CCCCC2)cc1. The molecule has 1 saturated carbocycles. The van der Waals surface area contributed by atoms with Gasteiger partial charge in [0.1, 0.15) is 5.54 Å². The lowest BCUT2D eigenvalue weighted by Gasteiger charge is -2.41. The van der Waals surface area contributed by atoms with Crippen LogP contribution in [0.1, 0.15) is 42.5 Å². The molecule has 2 rings (SSSR count). The molecule has 2 N–H and O–H groups in total. The van der Waals surface area contributed by atoms with Gasteiger partial charge in [-0.05, 0) is 37.1 Å². The van der Waals surface area contributed by atoms with Crippen molar-refractivity contribution in [3.05, 3.63) is 29.8 Å². The predicted octanol–water partition coefficient (Wildman–Crippen LogP) is 1.47. The topological polar surface area (TPSA) is 113 Å². The summed E-state index contributed by atoms with van der Waals surface area (Å²) in [7, 11) is -0.718. The summed E-state index contributed by atoms with van der Waals surface area (Å²) >= 11 is 0. The predicted molar refractivity (Wildman–Crippen MR) is 99.1 cm³/mol. The number of nitrogens with zero attached hydrogens (tertiary/aromatic N) is 1. The Morgan fingerprint density at radius 3 is 2.30 bits per heavy atom. The zero-order chi connectivity index (χ0) is 20.1. The van der Waals surface area contributed by atoms with E-state index in [9.17, 15) is 23.1 Å². The van der Waals surface area contributed by atoms with E-state index in [2.05, 4.69) is 4.72 Å². The number of likely N-dealkylation sites (N-methyl/N-ethyl adjacent to an activating group) is 1. The number of hydrogen-bond acceptors (Lipinski definition) is 5. The highest BCUT2D eigenvalue weighted by Gasteiger charge is 2.45. The highest BCUT2D eigenvalue weighted by molar-refractivity contribution is 7.89. The lowest BCUT2D eigenvalue weighted by atomic mass is 9.80. The van der Waals surface area contributed by atoms with Gasteiger partial charge in [0.15, 0.2) is 0 Å². The maximum atomic E-state index is 12.8. The van der Waals surface area contributed by atoms with Crippen LogP contribution in [0.3, 0.4) is 0 Å². The van der Waals surface area contributed by atoms with Gasteiger partial charge >= 0.3 is 5.97 Å². The summed E-state index contributed by atoms with van der Waals surface area (Å²) in [5.41, 5.74) is -0.957. The molecular weight excluding hydrogens is 372 g/mol. The van der Waals surface area contributed by atoms with Gasteiger partial charge in [0, 0.05) is 26.3 Å². The molecule has 0 atom stereocenters. The number of carbonyl (C=O) groups excluding carboxylic acids is 1. The standard InChI is InChI=1S/C18H26N2O6S/c1-20(18(17(22)23)10-4-3-5-11-18)16(21)14-6-8-15(9-7-14)27(24,25)19-12-13-26-2/h6-9,19H,3-5,10-13H2,1-2H3,(H,22,23). The van der Waals surface area contributed by atoms with Crippen LogP contribution >= 0.6 is 0 Å². The highest BCUT2D eigenvalue weighted by atomic mass is 32.2. The largest absolute Gasteiger partial charge is 0.479 e. The first kappa shape index (κ1) is 21.3. The molecule has 1 aliphatic carbocycles. The molecule has 0 unspecified atom stereocenters. The summed E-state index contributed by atoms with van der Waals surface area (Å²) in [6.07, 6.45) is 3.31. The minimum Gasteiger partial charge on any atom is -0.479 e. The van der Waals surface area contributed by atoms with Crippen LogP contribution in [-0.4, -0.2) is 63.1 Å². The zero-order valence-corrected chi connectivity index (χ0v) is 16.4. The van der Waals surface area contributed by atoms with Crippen LogP contribution in [0.25, 0.3) is 0 Å². The van der Waals surface area contributed by atoms with Gasteiger partial charge in [-0.2, -0.15) is 0 Å². The number of ether oxygens (including phenoxy) is 1. The highest BCUT2D eigenvalue weighted by Crippen LogP contribution is 2.34. The molecule has 0 spiro atoms. The van der Waals surface area contributed by atoms with Crippen molar-refractivity contribution in [2.75, 3.05) is 27.3 Å². The molecular formula is C18H26N2O6S. The number of hydrogen-bond donors (Lipinski definition) is 2. The second-order valence-corrected chi connectivity index (χ2v) is 8.44. The average molecular weight is 398 g/mol. The van der Waals surface area contributed by atoms with Crippen LogP contribution in [0.2, 0.25) is 0 Å². The minimum absolute atomic E-state index is 0.0309. The average Bonchev–Trinajstić information content (AvgIpc) is 2.67. The Kier molecular flexibility index (Phi) is 6.96. The van der Waals surface area contributed by atoms with Crippen LogP contribution in [-0.2, 0) is 19.6 Å². The van der Waals surface area contributed by atoms with Gasteiger partial charge in [0.25, 0.3) is 5.91 Å². The molecule has 8 nitrogen and oxygen atoms in total. The number of methoxy groups -OCH3 is 1. The van der Waals surface area contributed by atoms with Gasteiger partial charge < -0.3 is 14.7 Å². The van der Waals surface area contributed by atoms with E-state index in [-0.39, 0.29) is 23.6 Å². The van der Waals surface area contributed by atoms with Gasteiger partial charge in [-0.3, -0.25) is 4.79 Å². The molecule has 150 valence electrons. The minimum atomic E-state index is -3.69. The van der Waals surface area contributed by atoms with Crippen LogP contribution in [0, 0.1) is 0 Å². The van der Waals surface area contributed by atoms with Crippen molar-refractivity contribution >= 4 is 21.9 Å². The molecule has 0 radical (unpaired) electrons. The Labute approximate surface area is 159 Å².